The Bertz CT molecular complexity index is 644. The van der Waals surface area contributed by atoms with E-state index in [1.54, 1.807) is 12.1 Å². The first-order chi connectivity index (χ1) is 10.0. The summed E-state index contributed by atoms with van der Waals surface area (Å²) in [6.45, 7) is 3.35. The normalized spacial score (nSPS) is 10.4. The van der Waals surface area contributed by atoms with E-state index in [0.29, 0.717) is 12.4 Å². The van der Waals surface area contributed by atoms with Crippen molar-refractivity contribution in [3.8, 4) is 0 Å². The summed E-state index contributed by atoms with van der Waals surface area (Å²) in [5, 5.41) is 7.86. The number of hydrogen-bond donors (Lipinski definition) is 2. The molecule has 0 saturated heterocycles. The van der Waals surface area contributed by atoms with E-state index in [4.69, 9.17) is 11.5 Å². The van der Waals surface area contributed by atoms with Crippen molar-refractivity contribution < 1.29 is 4.79 Å². The minimum absolute atomic E-state index is 0.150. The summed E-state index contributed by atoms with van der Waals surface area (Å²) in [5.74, 6) is 0.0789. The van der Waals surface area contributed by atoms with Crippen LogP contribution in [0.4, 0.5) is 11.5 Å². The van der Waals surface area contributed by atoms with Gasteiger partial charge < -0.3 is 16.4 Å². The van der Waals surface area contributed by atoms with Crippen LogP contribution in [0, 0.1) is 0 Å². The Morgan fingerprint density at radius 2 is 2.05 bits per heavy atom. The van der Waals surface area contributed by atoms with Crippen molar-refractivity contribution >= 4 is 33.3 Å². The van der Waals surface area contributed by atoms with Crippen LogP contribution in [-0.2, 0) is 6.54 Å². The monoisotopic (exact) mass is 349 g/mol. The Hall–Kier alpha value is -2.15. The number of primary amides is 1. The van der Waals surface area contributed by atoms with Crippen molar-refractivity contribution in [1.82, 2.24) is 10.2 Å². The van der Waals surface area contributed by atoms with Crippen LogP contribution < -0.4 is 16.4 Å². The highest BCUT2D eigenvalue weighted by Crippen LogP contribution is 2.22. The zero-order valence-corrected chi connectivity index (χ0v) is 13.2. The summed E-state index contributed by atoms with van der Waals surface area (Å²) in [6, 6.07) is 9.03. The van der Waals surface area contributed by atoms with Crippen LogP contribution >= 0.6 is 15.9 Å². The Labute approximate surface area is 131 Å². The molecule has 0 fully saturated rings. The molecule has 1 aromatic carbocycles. The molecule has 21 heavy (non-hydrogen) atoms. The topological polar surface area (TPSA) is 98.1 Å². The van der Waals surface area contributed by atoms with Gasteiger partial charge in [0.05, 0.1) is 0 Å². The zero-order chi connectivity index (χ0) is 15.4. The molecular weight excluding hydrogens is 334 g/mol. The Kier molecular flexibility index (Phi) is 4.74. The molecule has 4 N–H and O–H groups in total. The fourth-order valence-corrected chi connectivity index (χ4v) is 2.31. The second kappa shape index (κ2) is 6.53. The van der Waals surface area contributed by atoms with Gasteiger partial charge in [-0.15, -0.1) is 10.2 Å². The van der Waals surface area contributed by atoms with Gasteiger partial charge in [0.2, 0.25) is 0 Å². The first kappa shape index (κ1) is 15.2. The quantitative estimate of drug-likeness (QED) is 0.803. The molecule has 2 aromatic rings. The van der Waals surface area contributed by atoms with Crippen LogP contribution in [0.5, 0.6) is 0 Å². The van der Waals surface area contributed by atoms with Gasteiger partial charge in [-0.3, -0.25) is 4.79 Å². The van der Waals surface area contributed by atoms with Gasteiger partial charge in [-0.05, 0) is 42.8 Å². The average molecular weight is 350 g/mol. The maximum absolute atomic E-state index is 11.0. The third-order valence-electron chi connectivity index (χ3n) is 3.07. The van der Waals surface area contributed by atoms with Gasteiger partial charge >= 0.3 is 0 Å². The molecule has 2 rings (SSSR count). The summed E-state index contributed by atoms with van der Waals surface area (Å²) in [4.78, 5) is 13.0. The molecule has 0 radical (unpaired) electrons. The third kappa shape index (κ3) is 3.69. The molecule has 0 aliphatic heterocycles. The van der Waals surface area contributed by atoms with E-state index in [-0.39, 0.29) is 5.69 Å². The molecule has 0 spiro atoms. The van der Waals surface area contributed by atoms with Crippen LogP contribution in [0.3, 0.4) is 0 Å². The minimum Gasteiger partial charge on any atom is -0.398 e. The number of benzene rings is 1. The number of amides is 1. The van der Waals surface area contributed by atoms with E-state index in [2.05, 4.69) is 26.1 Å². The highest BCUT2D eigenvalue weighted by molar-refractivity contribution is 9.10. The molecule has 0 saturated carbocycles. The van der Waals surface area contributed by atoms with Gasteiger partial charge in [0.15, 0.2) is 11.5 Å². The lowest BCUT2D eigenvalue weighted by Crippen LogP contribution is -2.24. The van der Waals surface area contributed by atoms with Gasteiger partial charge in [-0.1, -0.05) is 15.9 Å². The molecule has 0 unspecified atom stereocenters. The summed E-state index contributed by atoms with van der Waals surface area (Å²) < 4.78 is 0.970. The van der Waals surface area contributed by atoms with Crippen molar-refractivity contribution in [3.63, 3.8) is 0 Å². The molecule has 6 nitrogen and oxygen atoms in total. The molecule has 7 heteroatoms. The van der Waals surface area contributed by atoms with E-state index in [1.165, 1.54) is 0 Å². The van der Waals surface area contributed by atoms with Crippen molar-refractivity contribution in [1.29, 1.82) is 0 Å². The van der Waals surface area contributed by atoms with E-state index >= 15 is 0 Å². The number of anilines is 2. The standard InChI is InChI=1S/C14H16BrN5O/c1-2-20(8-9-7-10(15)3-4-11(9)16)13-6-5-12(14(17)21)18-19-13/h3-7H,2,8,16H2,1H3,(H2,17,21). The lowest BCUT2D eigenvalue weighted by Gasteiger charge is -2.22. The van der Waals surface area contributed by atoms with Crippen molar-refractivity contribution in [2.45, 2.75) is 13.5 Å². The number of aromatic nitrogens is 2. The lowest BCUT2D eigenvalue weighted by molar-refractivity contribution is 0.0994. The Morgan fingerprint density at radius 1 is 1.29 bits per heavy atom. The molecule has 1 amide bonds. The second-order valence-corrected chi connectivity index (χ2v) is 5.41. The van der Waals surface area contributed by atoms with E-state index in [1.807, 2.05) is 30.0 Å². The van der Waals surface area contributed by atoms with E-state index in [0.717, 1.165) is 22.3 Å². The van der Waals surface area contributed by atoms with Gasteiger partial charge in [0, 0.05) is 23.2 Å². The molecular formula is C14H16BrN5O. The van der Waals surface area contributed by atoms with Crippen molar-refractivity contribution in [2.75, 3.05) is 17.2 Å². The highest BCUT2D eigenvalue weighted by atomic mass is 79.9. The highest BCUT2D eigenvalue weighted by Gasteiger charge is 2.11. The van der Waals surface area contributed by atoms with Crippen LogP contribution in [0.1, 0.15) is 23.0 Å². The number of halogens is 1. The molecule has 0 bridgehead atoms. The second-order valence-electron chi connectivity index (χ2n) is 4.50. The fourth-order valence-electron chi connectivity index (χ4n) is 1.90. The number of carbonyl (C=O) groups excluding carboxylic acids is 1. The van der Waals surface area contributed by atoms with Crippen molar-refractivity contribution in [3.05, 3.63) is 46.1 Å². The van der Waals surface area contributed by atoms with Gasteiger partial charge in [0.1, 0.15) is 0 Å². The van der Waals surface area contributed by atoms with E-state index in [9.17, 15) is 4.79 Å². The first-order valence-corrected chi connectivity index (χ1v) is 7.23. The lowest BCUT2D eigenvalue weighted by atomic mass is 10.1. The van der Waals surface area contributed by atoms with Crippen LogP contribution in [-0.4, -0.2) is 22.6 Å². The number of hydrogen-bond acceptors (Lipinski definition) is 5. The fraction of sp³-hybridized carbons (Fsp3) is 0.214. The molecule has 110 valence electrons. The molecule has 1 heterocycles. The summed E-state index contributed by atoms with van der Waals surface area (Å²) in [5.41, 5.74) is 13.0. The largest absolute Gasteiger partial charge is 0.398 e. The first-order valence-electron chi connectivity index (χ1n) is 6.43. The molecule has 0 aliphatic rings. The van der Waals surface area contributed by atoms with Crippen LogP contribution in [0.2, 0.25) is 0 Å². The van der Waals surface area contributed by atoms with Gasteiger partial charge in [0.25, 0.3) is 5.91 Å². The number of rotatable bonds is 5. The number of nitrogens with zero attached hydrogens (tertiary/aromatic N) is 3. The molecule has 0 aliphatic carbocycles. The maximum atomic E-state index is 11.0. The van der Waals surface area contributed by atoms with E-state index < -0.39 is 5.91 Å². The maximum Gasteiger partial charge on any atom is 0.269 e. The van der Waals surface area contributed by atoms with Crippen molar-refractivity contribution in [2.24, 2.45) is 5.73 Å². The van der Waals surface area contributed by atoms with Gasteiger partial charge in [-0.2, -0.15) is 0 Å². The average Bonchev–Trinajstić information content (AvgIpc) is 2.48. The van der Waals surface area contributed by atoms with Crippen LogP contribution in [0.25, 0.3) is 0 Å². The van der Waals surface area contributed by atoms with Gasteiger partial charge in [-0.25, -0.2) is 0 Å². The SMILES string of the molecule is CCN(Cc1cc(Br)ccc1N)c1ccc(C(N)=O)nn1. The Morgan fingerprint density at radius 3 is 2.62 bits per heavy atom. The number of carbonyl (C=O) groups is 1. The predicted molar refractivity (Wildman–Crippen MR) is 85.8 cm³/mol. The summed E-state index contributed by atoms with van der Waals surface area (Å²) in [7, 11) is 0. The van der Waals surface area contributed by atoms with Crippen LogP contribution in [0.15, 0.2) is 34.8 Å². The summed E-state index contributed by atoms with van der Waals surface area (Å²) in [6.07, 6.45) is 0. The smallest absolute Gasteiger partial charge is 0.269 e. The Balaban J connectivity index is 2.23. The third-order valence-corrected chi connectivity index (χ3v) is 3.57. The zero-order valence-electron chi connectivity index (χ0n) is 11.6. The summed E-state index contributed by atoms with van der Waals surface area (Å²) >= 11 is 3.44. The predicted octanol–water partition coefficient (Wildman–Crippen LogP) is 1.95. The molecule has 0 atom stereocenters. The number of nitrogens with two attached hydrogens (primary N) is 2. The molecule has 1 aromatic heterocycles. The number of nitrogen functional groups attached to an aromatic ring is 1. The minimum atomic E-state index is -0.590.